The number of ether oxygens (including phenoxy) is 2. The molecule has 0 saturated carbocycles. The molecule has 3 rings (SSSR count). The summed E-state index contributed by atoms with van der Waals surface area (Å²) < 4.78 is 11.2. The van der Waals surface area contributed by atoms with E-state index in [2.05, 4.69) is 4.90 Å². The predicted octanol–water partition coefficient (Wildman–Crippen LogP) is 2.50. The topological polar surface area (TPSA) is 41.9 Å². The molecule has 0 aromatic heterocycles. The summed E-state index contributed by atoms with van der Waals surface area (Å²) in [5.41, 5.74) is 0.541. The molecule has 2 atom stereocenters. The lowest BCUT2D eigenvalue weighted by Gasteiger charge is -2.42. The maximum atomic E-state index is 11.8. The third-order valence-corrected chi connectivity index (χ3v) is 4.42. The first-order valence-electron chi connectivity index (χ1n) is 7.79. The van der Waals surface area contributed by atoms with Crippen molar-refractivity contribution in [2.24, 2.45) is 5.92 Å². The second-order valence-corrected chi connectivity index (χ2v) is 6.26. The van der Waals surface area contributed by atoms with Crippen LogP contribution < -0.4 is 9.47 Å². The summed E-state index contributed by atoms with van der Waals surface area (Å²) in [7, 11) is 5.65. The molecule has 2 aromatic rings. The molecule has 122 valence electrons. The maximum Gasteiger partial charge on any atom is 0.126 e. The van der Waals surface area contributed by atoms with Crippen LogP contribution in [0.5, 0.6) is 11.5 Å². The van der Waals surface area contributed by atoms with Gasteiger partial charge in [-0.05, 0) is 37.9 Å². The molecule has 0 radical (unpaired) electrons. The van der Waals surface area contributed by atoms with E-state index >= 15 is 0 Å². The average molecular weight is 313 g/mol. The van der Waals surface area contributed by atoms with Crippen molar-refractivity contribution in [2.45, 2.75) is 5.60 Å². The summed E-state index contributed by atoms with van der Waals surface area (Å²) >= 11 is 0. The molecule has 0 fully saturated rings. The van der Waals surface area contributed by atoms with Crippen LogP contribution in [0.1, 0.15) is 11.1 Å². The van der Waals surface area contributed by atoms with Crippen molar-refractivity contribution in [3.63, 3.8) is 0 Å². The Morgan fingerprint density at radius 3 is 2.74 bits per heavy atom. The maximum absolute atomic E-state index is 11.8. The number of aliphatic hydroxyl groups is 1. The number of benzene rings is 2. The van der Waals surface area contributed by atoms with Crippen LogP contribution in [0.25, 0.3) is 0 Å². The van der Waals surface area contributed by atoms with Gasteiger partial charge in [0.05, 0.1) is 13.7 Å². The summed E-state index contributed by atoms with van der Waals surface area (Å²) in [5, 5.41) is 11.8. The van der Waals surface area contributed by atoms with Gasteiger partial charge in [-0.15, -0.1) is 0 Å². The second kappa shape index (κ2) is 6.22. The first-order chi connectivity index (χ1) is 11.1. The Morgan fingerprint density at radius 2 is 2.00 bits per heavy atom. The van der Waals surface area contributed by atoms with Crippen molar-refractivity contribution in [1.82, 2.24) is 4.90 Å². The molecule has 0 spiro atoms. The van der Waals surface area contributed by atoms with E-state index in [0.717, 1.165) is 29.2 Å². The quantitative estimate of drug-likeness (QED) is 0.942. The number of para-hydroxylation sites is 1. The molecule has 1 heterocycles. The number of rotatable bonds is 4. The molecule has 4 nitrogen and oxygen atoms in total. The van der Waals surface area contributed by atoms with E-state index in [-0.39, 0.29) is 5.92 Å². The van der Waals surface area contributed by atoms with E-state index in [4.69, 9.17) is 9.47 Å². The van der Waals surface area contributed by atoms with E-state index in [0.29, 0.717) is 6.61 Å². The summed E-state index contributed by atoms with van der Waals surface area (Å²) in [4.78, 5) is 2.08. The Hall–Kier alpha value is -2.04. The SMILES string of the molecule is COc1cccc(C2(O)c3ccccc3OCC2CN(C)C)c1. The fourth-order valence-corrected chi connectivity index (χ4v) is 3.32. The Kier molecular flexibility index (Phi) is 4.28. The molecule has 2 unspecified atom stereocenters. The highest BCUT2D eigenvalue weighted by Gasteiger charge is 2.45. The molecular formula is C19H23NO3. The zero-order chi connectivity index (χ0) is 16.4. The molecule has 1 aliphatic rings. The summed E-state index contributed by atoms with van der Waals surface area (Å²) in [6, 6.07) is 15.4. The van der Waals surface area contributed by atoms with Gasteiger partial charge in [-0.1, -0.05) is 30.3 Å². The molecule has 4 heteroatoms. The normalized spacial score (nSPS) is 23.3. The summed E-state index contributed by atoms with van der Waals surface area (Å²) in [6.45, 7) is 1.20. The van der Waals surface area contributed by atoms with E-state index in [1.807, 2.05) is 62.6 Å². The van der Waals surface area contributed by atoms with Gasteiger partial charge in [0.15, 0.2) is 0 Å². The Labute approximate surface area is 137 Å². The van der Waals surface area contributed by atoms with Crippen molar-refractivity contribution in [3.05, 3.63) is 59.7 Å². The first kappa shape index (κ1) is 15.8. The molecule has 23 heavy (non-hydrogen) atoms. The van der Waals surface area contributed by atoms with Crippen LogP contribution in [-0.4, -0.2) is 44.4 Å². The third-order valence-electron chi connectivity index (χ3n) is 4.42. The number of fused-ring (bicyclic) bond motifs is 1. The number of methoxy groups -OCH3 is 1. The lowest BCUT2D eigenvalue weighted by Crippen LogP contribution is -2.47. The standard InChI is InChI=1S/C19H23NO3/c1-20(2)12-15-13-23-18-10-5-4-9-17(18)19(15,21)14-7-6-8-16(11-14)22-3/h4-11,15,21H,12-13H2,1-3H3. The van der Waals surface area contributed by atoms with Gasteiger partial charge in [0, 0.05) is 18.0 Å². The van der Waals surface area contributed by atoms with Gasteiger partial charge in [0.25, 0.3) is 0 Å². The first-order valence-corrected chi connectivity index (χ1v) is 7.79. The minimum Gasteiger partial charge on any atom is -0.497 e. The molecule has 2 aromatic carbocycles. The van der Waals surface area contributed by atoms with Crippen LogP contribution >= 0.6 is 0 Å². The van der Waals surface area contributed by atoms with Gasteiger partial charge in [-0.3, -0.25) is 0 Å². The van der Waals surface area contributed by atoms with Gasteiger partial charge in [0.2, 0.25) is 0 Å². The summed E-state index contributed by atoms with van der Waals surface area (Å²) in [5.74, 6) is 1.41. The van der Waals surface area contributed by atoms with Crippen molar-refractivity contribution >= 4 is 0 Å². The second-order valence-electron chi connectivity index (χ2n) is 6.26. The Morgan fingerprint density at radius 1 is 1.22 bits per heavy atom. The highest BCUT2D eigenvalue weighted by Crippen LogP contribution is 2.45. The molecule has 0 aliphatic carbocycles. The summed E-state index contributed by atoms with van der Waals surface area (Å²) in [6.07, 6.45) is 0. The predicted molar refractivity (Wildman–Crippen MR) is 90.0 cm³/mol. The van der Waals surface area contributed by atoms with Gasteiger partial charge >= 0.3 is 0 Å². The Bertz CT molecular complexity index is 686. The third kappa shape index (κ3) is 2.80. The minimum atomic E-state index is -1.10. The molecular weight excluding hydrogens is 290 g/mol. The van der Waals surface area contributed by atoms with Crippen LogP contribution in [0, 0.1) is 5.92 Å². The van der Waals surface area contributed by atoms with E-state index < -0.39 is 5.60 Å². The molecule has 0 bridgehead atoms. The average Bonchev–Trinajstić information content (AvgIpc) is 2.57. The van der Waals surface area contributed by atoms with Crippen molar-refractivity contribution in [2.75, 3.05) is 34.4 Å². The van der Waals surface area contributed by atoms with Crippen LogP contribution in [0.2, 0.25) is 0 Å². The van der Waals surface area contributed by atoms with Gasteiger partial charge < -0.3 is 19.5 Å². The number of hydrogen-bond donors (Lipinski definition) is 1. The van der Waals surface area contributed by atoms with Crippen molar-refractivity contribution in [3.8, 4) is 11.5 Å². The zero-order valence-corrected chi connectivity index (χ0v) is 13.8. The smallest absolute Gasteiger partial charge is 0.126 e. The molecule has 0 saturated heterocycles. The van der Waals surface area contributed by atoms with E-state index in [1.165, 1.54) is 0 Å². The molecule has 0 amide bonds. The van der Waals surface area contributed by atoms with Crippen molar-refractivity contribution in [1.29, 1.82) is 0 Å². The Balaban J connectivity index is 2.15. The van der Waals surface area contributed by atoms with Crippen LogP contribution in [0.3, 0.4) is 0 Å². The fraction of sp³-hybridized carbons (Fsp3) is 0.368. The van der Waals surface area contributed by atoms with E-state index in [1.54, 1.807) is 7.11 Å². The van der Waals surface area contributed by atoms with E-state index in [9.17, 15) is 5.11 Å². The van der Waals surface area contributed by atoms with Crippen LogP contribution in [0.4, 0.5) is 0 Å². The lowest BCUT2D eigenvalue weighted by atomic mass is 9.74. The van der Waals surface area contributed by atoms with Crippen LogP contribution in [-0.2, 0) is 5.60 Å². The van der Waals surface area contributed by atoms with Gasteiger partial charge in [-0.25, -0.2) is 0 Å². The fourth-order valence-electron chi connectivity index (χ4n) is 3.32. The number of nitrogens with zero attached hydrogens (tertiary/aromatic N) is 1. The lowest BCUT2D eigenvalue weighted by molar-refractivity contribution is -0.0338. The zero-order valence-electron chi connectivity index (χ0n) is 13.8. The minimum absolute atomic E-state index is 0.0699. The molecule has 1 aliphatic heterocycles. The largest absolute Gasteiger partial charge is 0.497 e. The van der Waals surface area contributed by atoms with Crippen LogP contribution in [0.15, 0.2) is 48.5 Å². The monoisotopic (exact) mass is 313 g/mol. The van der Waals surface area contributed by atoms with Gasteiger partial charge in [0.1, 0.15) is 17.1 Å². The highest BCUT2D eigenvalue weighted by molar-refractivity contribution is 5.48. The number of hydrogen-bond acceptors (Lipinski definition) is 4. The molecule has 1 N–H and O–H groups in total. The van der Waals surface area contributed by atoms with Gasteiger partial charge in [-0.2, -0.15) is 0 Å². The highest BCUT2D eigenvalue weighted by atomic mass is 16.5. The van der Waals surface area contributed by atoms with Crippen molar-refractivity contribution < 1.29 is 14.6 Å².